The van der Waals surface area contributed by atoms with Gasteiger partial charge in [0.2, 0.25) is 0 Å². The van der Waals surface area contributed by atoms with Gasteiger partial charge in [0.15, 0.2) is 0 Å². The number of nitriles is 1. The lowest BCUT2D eigenvalue weighted by Gasteiger charge is -2.11. The van der Waals surface area contributed by atoms with Gasteiger partial charge in [0.25, 0.3) is 0 Å². The Hall–Kier alpha value is -3.19. The van der Waals surface area contributed by atoms with Crippen molar-refractivity contribution in [3.63, 3.8) is 0 Å². The van der Waals surface area contributed by atoms with E-state index in [1.807, 2.05) is 46.9 Å². The van der Waals surface area contributed by atoms with Gasteiger partial charge in [-0.3, -0.25) is 4.40 Å². The number of fused-ring (bicyclic) bond motifs is 5. The molecule has 4 rings (SSSR count). The Morgan fingerprint density at radius 1 is 1.05 bits per heavy atom. The van der Waals surface area contributed by atoms with E-state index in [0.717, 1.165) is 32.9 Å². The summed E-state index contributed by atoms with van der Waals surface area (Å²) in [6.45, 7) is 0. The fourth-order valence-corrected chi connectivity index (χ4v) is 3.06. The number of anilines is 1. The molecule has 2 N–H and O–H groups in total. The Bertz CT molecular complexity index is 1090. The number of para-hydroxylation sites is 1. The first-order valence-electron chi connectivity index (χ1n) is 6.94. The molecule has 2 aromatic carbocycles. The summed E-state index contributed by atoms with van der Waals surface area (Å²) >= 11 is 0. The summed E-state index contributed by atoms with van der Waals surface area (Å²) in [6.07, 6.45) is 0. The van der Waals surface area contributed by atoms with Crippen molar-refractivity contribution in [2.45, 2.75) is 0 Å². The maximum atomic E-state index is 9.54. The average molecular weight is 287 g/mol. The fraction of sp³-hybridized carbons (Fsp3) is 0.0556. The minimum Gasteiger partial charge on any atom is -0.497 e. The van der Waals surface area contributed by atoms with Gasteiger partial charge in [-0.15, -0.1) is 0 Å². The number of rotatable bonds is 1. The zero-order valence-corrected chi connectivity index (χ0v) is 12.0. The molecule has 4 nitrogen and oxygen atoms in total. The lowest BCUT2D eigenvalue weighted by Crippen LogP contribution is -2.01. The number of benzene rings is 2. The third-order valence-electron chi connectivity index (χ3n) is 4.09. The van der Waals surface area contributed by atoms with Gasteiger partial charge in [0, 0.05) is 16.2 Å². The molecule has 0 aliphatic rings. The summed E-state index contributed by atoms with van der Waals surface area (Å²) in [7, 11) is 1.63. The van der Waals surface area contributed by atoms with E-state index >= 15 is 0 Å². The molecule has 2 aromatic heterocycles. The Morgan fingerprint density at radius 3 is 2.64 bits per heavy atom. The van der Waals surface area contributed by atoms with E-state index in [4.69, 9.17) is 10.5 Å². The maximum Gasteiger partial charge on any atom is 0.127 e. The number of nitrogens with two attached hydrogens (primary N) is 1. The zero-order chi connectivity index (χ0) is 15.3. The van der Waals surface area contributed by atoms with E-state index in [0.29, 0.717) is 11.4 Å². The molecule has 0 amide bonds. The zero-order valence-electron chi connectivity index (χ0n) is 12.0. The van der Waals surface area contributed by atoms with E-state index < -0.39 is 0 Å². The number of hydrogen-bond donors (Lipinski definition) is 1. The van der Waals surface area contributed by atoms with E-state index in [9.17, 15) is 5.26 Å². The fourth-order valence-electron chi connectivity index (χ4n) is 3.06. The number of nitrogen functional groups attached to an aromatic ring is 1. The minimum absolute atomic E-state index is 0.469. The number of pyridine rings is 1. The van der Waals surface area contributed by atoms with Crippen LogP contribution in [0.4, 0.5) is 5.82 Å². The van der Waals surface area contributed by atoms with Crippen molar-refractivity contribution >= 4 is 33.0 Å². The number of ether oxygens (including phenoxy) is 1. The molecule has 4 heteroatoms. The molecule has 0 radical (unpaired) electrons. The van der Waals surface area contributed by atoms with Crippen LogP contribution in [0.3, 0.4) is 0 Å². The standard InChI is InChI=1S/C18H13N3O/c1-22-12-6-7-13-14(9-12)17-8-11-4-2-3-5-16(11)21(17)18(20)15(13)10-19/h2-9H,20H2,1H3. The van der Waals surface area contributed by atoms with Crippen molar-refractivity contribution in [1.29, 1.82) is 5.26 Å². The van der Waals surface area contributed by atoms with Crippen molar-refractivity contribution in [3.8, 4) is 11.8 Å². The summed E-state index contributed by atoms with van der Waals surface area (Å²) in [4.78, 5) is 0. The van der Waals surface area contributed by atoms with E-state index in [1.54, 1.807) is 7.11 Å². The van der Waals surface area contributed by atoms with Crippen LogP contribution >= 0.6 is 0 Å². The van der Waals surface area contributed by atoms with Gasteiger partial charge in [-0.25, -0.2) is 0 Å². The Balaban J connectivity index is 2.34. The number of aromatic nitrogens is 1. The Kier molecular flexibility index (Phi) is 2.51. The highest BCUT2D eigenvalue weighted by Crippen LogP contribution is 2.35. The van der Waals surface area contributed by atoms with Crippen LogP contribution in [0.15, 0.2) is 48.5 Å². The summed E-state index contributed by atoms with van der Waals surface area (Å²) in [6, 6.07) is 18.0. The lowest BCUT2D eigenvalue weighted by atomic mass is 10.1. The molecule has 4 aromatic rings. The van der Waals surface area contributed by atoms with Crippen molar-refractivity contribution in [3.05, 3.63) is 54.1 Å². The third-order valence-corrected chi connectivity index (χ3v) is 4.09. The lowest BCUT2D eigenvalue weighted by molar-refractivity contribution is 0.415. The van der Waals surface area contributed by atoms with Crippen LogP contribution in [0, 0.1) is 11.3 Å². The van der Waals surface area contributed by atoms with Gasteiger partial charge in [0.1, 0.15) is 23.2 Å². The van der Waals surface area contributed by atoms with Crippen LogP contribution in [0.5, 0.6) is 5.75 Å². The number of methoxy groups -OCH3 is 1. The topological polar surface area (TPSA) is 63.4 Å². The number of hydrogen-bond acceptors (Lipinski definition) is 3. The SMILES string of the molecule is COc1ccc2c(C#N)c(N)n3c4ccccc4cc3c2c1. The molecule has 22 heavy (non-hydrogen) atoms. The van der Waals surface area contributed by atoms with Gasteiger partial charge < -0.3 is 10.5 Å². The molecular weight excluding hydrogens is 274 g/mol. The van der Waals surface area contributed by atoms with E-state index in [-0.39, 0.29) is 0 Å². The first-order chi connectivity index (χ1) is 10.7. The second kappa shape index (κ2) is 4.40. The normalized spacial score (nSPS) is 11.1. The molecule has 0 saturated carbocycles. The first kappa shape index (κ1) is 12.5. The average Bonchev–Trinajstić information content (AvgIpc) is 2.95. The molecule has 0 atom stereocenters. The third kappa shape index (κ3) is 1.51. The quantitative estimate of drug-likeness (QED) is 0.580. The van der Waals surface area contributed by atoms with Gasteiger partial charge in [0.05, 0.1) is 18.1 Å². The van der Waals surface area contributed by atoms with Crippen molar-refractivity contribution < 1.29 is 4.74 Å². The molecule has 0 unspecified atom stereocenters. The molecule has 0 aliphatic heterocycles. The van der Waals surface area contributed by atoms with Crippen LogP contribution in [0.25, 0.3) is 27.2 Å². The molecule has 0 aliphatic carbocycles. The highest BCUT2D eigenvalue weighted by molar-refractivity contribution is 6.07. The largest absolute Gasteiger partial charge is 0.497 e. The highest BCUT2D eigenvalue weighted by Gasteiger charge is 2.15. The van der Waals surface area contributed by atoms with Crippen LogP contribution in [-0.4, -0.2) is 11.5 Å². The molecule has 0 saturated heterocycles. The van der Waals surface area contributed by atoms with Crippen LogP contribution in [-0.2, 0) is 0 Å². The van der Waals surface area contributed by atoms with Crippen molar-refractivity contribution in [1.82, 2.24) is 4.40 Å². The molecular formula is C18H13N3O. The first-order valence-corrected chi connectivity index (χ1v) is 6.94. The van der Waals surface area contributed by atoms with Crippen molar-refractivity contribution in [2.75, 3.05) is 12.8 Å². The van der Waals surface area contributed by atoms with Crippen LogP contribution in [0.2, 0.25) is 0 Å². The molecule has 2 heterocycles. The minimum atomic E-state index is 0.469. The predicted octanol–water partition coefficient (Wildman–Crippen LogP) is 3.71. The van der Waals surface area contributed by atoms with Gasteiger partial charge >= 0.3 is 0 Å². The molecule has 0 fully saturated rings. The monoisotopic (exact) mass is 287 g/mol. The molecule has 0 spiro atoms. The van der Waals surface area contributed by atoms with E-state index in [2.05, 4.69) is 12.1 Å². The van der Waals surface area contributed by atoms with Crippen LogP contribution < -0.4 is 10.5 Å². The van der Waals surface area contributed by atoms with E-state index in [1.165, 1.54) is 0 Å². The van der Waals surface area contributed by atoms with Gasteiger partial charge in [-0.2, -0.15) is 5.26 Å². The second-order valence-corrected chi connectivity index (χ2v) is 5.21. The number of nitrogens with zero attached hydrogens (tertiary/aromatic N) is 2. The van der Waals surface area contributed by atoms with Gasteiger partial charge in [-0.05, 0) is 30.3 Å². The Morgan fingerprint density at radius 2 is 1.86 bits per heavy atom. The predicted molar refractivity (Wildman–Crippen MR) is 88.1 cm³/mol. The molecule has 0 bridgehead atoms. The molecule has 106 valence electrons. The summed E-state index contributed by atoms with van der Waals surface area (Å²) < 4.78 is 7.27. The van der Waals surface area contributed by atoms with Crippen LogP contribution in [0.1, 0.15) is 5.56 Å². The maximum absolute atomic E-state index is 9.54. The summed E-state index contributed by atoms with van der Waals surface area (Å²) in [5.74, 6) is 1.23. The highest BCUT2D eigenvalue weighted by atomic mass is 16.5. The second-order valence-electron chi connectivity index (χ2n) is 5.21. The smallest absolute Gasteiger partial charge is 0.127 e. The summed E-state index contributed by atoms with van der Waals surface area (Å²) in [5.41, 5.74) is 8.75. The Labute approximate surface area is 126 Å². The van der Waals surface area contributed by atoms with Gasteiger partial charge in [-0.1, -0.05) is 18.2 Å². The summed E-state index contributed by atoms with van der Waals surface area (Å²) in [5, 5.41) is 12.4. The van der Waals surface area contributed by atoms with Crippen molar-refractivity contribution in [2.24, 2.45) is 0 Å².